The van der Waals surface area contributed by atoms with Crippen LogP contribution in [0.25, 0.3) is 0 Å². The maximum atomic E-state index is 12.4. The number of rotatable bonds is 4. The zero-order valence-corrected chi connectivity index (χ0v) is 13.6. The van der Waals surface area contributed by atoms with Gasteiger partial charge in [-0.25, -0.2) is 0 Å². The molecule has 1 amide bonds. The second-order valence-corrected chi connectivity index (χ2v) is 7.15. The van der Waals surface area contributed by atoms with E-state index < -0.39 is 17.3 Å². The zero-order chi connectivity index (χ0) is 15.4. The number of nitrogens with one attached hydrogen (secondary N) is 1. The Morgan fingerprint density at radius 3 is 1.84 bits per heavy atom. The molecule has 0 bridgehead atoms. The van der Waals surface area contributed by atoms with Gasteiger partial charge >= 0.3 is 5.97 Å². The van der Waals surface area contributed by atoms with E-state index in [4.69, 9.17) is 4.74 Å². The normalized spacial score (nSPS) is 15.6. The third-order valence-corrected chi connectivity index (χ3v) is 3.31. The SMILES string of the molecule is CCOC(=O)C(C(=O)NC(C)C(C)(C)C)C(C)(C)C. The van der Waals surface area contributed by atoms with Crippen molar-refractivity contribution in [3.8, 4) is 0 Å². The molecule has 0 aliphatic heterocycles. The lowest BCUT2D eigenvalue weighted by Crippen LogP contribution is -2.49. The maximum Gasteiger partial charge on any atom is 0.319 e. The van der Waals surface area contributed by atoms with Gasteiger partial charge in [-0.1, -0.05) is 41.5 Å². The number of esters is 1. The van der Waals surface area contributed by atoms with Crippen molar-refractivity contribution in [3.05, 3.63) is 0 Å². The van der Waals surface area contributed by atoms with Crippen LogP contribution >= 0.6 is 0 Å². The van der Waals surface area contributed by atoms with E-state index in [1.807, 2.05) is 27.7 Å². The van der Waals surface area contributed by atoms with Gasteiger partial charge in [0.05, 0.1) is 6.61 Å². The van der Waals surface area contributed by atoms with E-state index in [0.29, 0.717) is 0 Å². The van der Waals surface area contributed by atoms with Crippen LogP contribution in [0.15, 0.2) is 0 Å². The van der Waals surface area contributed by atoms with E-state index in [1.54, 1.807) is 6.92 Å². The molecule has 4 heteroatoms. The second-order valence-electron chi connectivity index (χ2n) is 7.15. The summed E-state index contributed by atoms with van der Waals surface area (Å²) in [6.45, 7) is 15.7. The van der Waals surface area contributed by atoms with Crippen molar-refractivity contribution in [1.29, 1.82) is 0 Å². The van der Waals surface area contributed by atoms with Gasteiger partial charge in [0, 0.05) is 6.04 Å². The molecular weight excluding hydrogens is 242 g/mol. The van der Waals surface area contributed by atoms with Gasteiger partial charge in [0.2, 0.25) is 5.91 Å². The molecule has 19 heavy (non-hydrogen) atoms. The summed E-state index contributed by atoms with van der Waals surface area (Å²) in [5.74, 6) is -1.49. The summed E-state index contributed by atoms with van der Waals surface area (Å²) in [7, 11) is 0. The maximum absolute atomic E-state index is 12.4. The van der Waals surface area contributed by atoms with E-state index in [1.165, 1.54) is 0 Å². The van der Waals surface area contributed by atoms with Crippen LogP contribution in [-0.2, 0) is 14.3 Å². The molecule has 0 fully saturated rings. The molecule has 112 valence electrons. The highest BCUT2D eigenvalue weighted by Gasteiger charge is 2.40. The molecule has 0 aromatic heterocycles. The number of amides is 1. The minimum atomic E-state index is -0.780. The average molecular weight is 271 g/mol. The topological polar surface area (TPSA) is 55.4 Å². The van der Waals surface area contributed by atoms with Gasteiger partial charge in [0.15, 0.2) is 0 Å². The summed E-state index contributed by atoms with van der Waals surface area (Å²) >= 11 is 0. The van der Waals surface area contributed by atoms with Crippen LogP contribution in [0, 0.1) is 16.7 Å². The first-order chi connectivity index (χ1) is 8.41. The first kappa shape index (κ1) is 17.9. The molecule has 4 nitrogen and oxygen atoms in total. The second kappa shape index (κ2) is 6.40. The first-order valence-electron chi connectivity index (χ1n) is 6.88. The van der Waals surface area contributed by atoms with Crippen molar-refractivity contribution in [2.75, 3.05) is 6.61 Å². The van der Waals surface area contributed by atoms with E-state index in [2.05, 4.69) is 26.1 Å². The Bertz CT molecular complexity index is 323. The highest BCUT2D eigenvalue weighted by molar-refractivity contribution is 5.98. The third kappa shape index (κ3) is 5.62. The Kier molecular flexibility index (Phi) is 6.04. The Hall–Kier alpha value is -1.06. The number of ether oxygens (including phenoxy) is 1. The largest absolute Gasteiger partial charge is 0.465 e. The molecule has 0 saturated carbocycles. The van der Waals surface area contributed by atoms with Crippen LogP contribution in [0.5, 0.6) is 0 Å². The molecule has 0 heterocycles. The van der Waals surface area contributed by atoms with Crippen LogP contribution in [-0.4, -0.2) is 24.5 Å². The molecule has 0 aromatic rings. The Labute approximate surface area is 117 Å². The van der Waals surface area contributed by atoms with Crippen LogP contribution < -0.4 is 5.32 Å². The molecule has 1 N–H and O–H groups in total. The first-order valence-corrected chi connectivity index (χ1v) is 6.88. The van der Waals surface area contributed by atoms with Crippen molar-refractivity contribution in [3.63, 3.8) is 0 Å². The lowest BCUT2D eigenvalue weighted by Gasteiger charge is -2.33. The monoisotopic (exact) mass is 271 g/mol. The zero-order valence-electron chi connectivity index (χ0n) is 13.6. The molecule has 2 unspecified atom stereocenters. The molecule has 0 saturated heterocycles. The van der Waals surface area contributed by atoms with Crippen molar-refractivity contribution in [1.82, 2.24) is 5.32 Å². The van der Waals surface area contributed by atoms with Crippen molar-refractivity contribution < 1.29 is 14.3 Å². The summed E-state index contributed by atoms with van der Waals surface area (Å²) in [5, 5.41) is 2.93. The van der Waals surface area contributed by atoms with Crippen LogP contribution in [0.3, 0.4) is 0 Å². The fourth-order valence-corrected chi connectivity index (χ4v) is 1.59. The molecule has 0 spiro atoms. The van der Waals surface area contributed by atoms with E-state index in [0.717, 1.165) is 0 Å². The minimum absolute atomic E-state index is 0.0146. The summed E-state index contributed by atoms with van der Waals surface area (Å²) in [5.41, 5.74) is -0.513. The van der Waals surface area contributed by atoms with Crippen molar-refractivity contribution in [2.24, 2.45) is 16.7 Å². The molecule has 0 radical (unpaired) electrons. The van der Waals surface area contributed by atoms with Crippen LogP contribution in [0.1, 0.15) is 55.4 Å². The predicted molar refractivity (Wildman–Crippen MR) is 76.6 cm³/mol. The highest BCUT2D eigenvalue weighted by Crippen LogP contribution is 2.28. The third-order valence-electron chi connectivity index (χ3n) is 3.31. The fraction of sp³-hybridized carbons (Fsp3) is 0.867. The molecule has 0 aliphatic carbocycles. The van der Waals surface area contributed by atoms with Crippen LogP contribution in [0.2, 0.25) is 0 Å². The van der Waals surface area contributed by atoms with Gasteiger partial charge in [-0.3, -0.25) is 9.59 Å². The fourth-order valence-electron chi connectivity index (χ4n) is 1.59. The standard InChI is InChI=1S/C15H29NO3/c1-9-19-13(18)11(15(6,7)8)12(17)16-10(2)14(3,4)5/h10-11H,9H2,1-8H3,(H,16,17). The van der Waals surface area contributed by atoms with Crippen molar-refractivity contribution >= 4 is 11.9 Å². The molecule has 0 aromatic carbocycles. The van der Waals surface area contributed by atoms with E-state index >= 15 is 0 Å². The summed E-state index contributed by atoms with van der Waals surface area (Å²) in [6.07, 6.45) is 0. The van der Waals surface area contributed by atoms with Gasteiger partial charge in [-0.15, -0.1) is 0 Å². The average Bonchev–Trinajstić information content (AvgIpc) is 2.13. The summed E-state index contributed by atoms with van der Waals surface area (Å²) < 4.78 is 5.02. The van der Waals surface area contributed by atoms with Crippen LogP contribution in [0.4, 0.5) is 0 Å². The number of hydrogen-bond acceptors (Lipinski definition) is 3. The summed E-state index contributed by atoms with van der Waals surface area (Å²) in [4.78, 5) is 24.3. The quantitative estimate of drug-likeness (QED) is 0.632. The Balaban J connectivity index is 4.99. The van der Waals surface area contributed by atoms with Gasteiger partial charge < -0.3 is 10.1 Å². The molecule has 0 rings (SSSR count). The summed E-state index contributed by atoms with van der Waals surface area (Å²) in [6, 6.07) is -0.0146. The van der Waals surface area contributed by atoms with Gasteiger partial charge in [-0.2, -0.15) is 0 Å². The lowest BCUT2D eigenvalue weighted by atomic mass is 9.79. The lowest BCUT2D eigenvalue weighted by molar-refractivity contribution is -0.157. The number of carbonyl (C=O) groups excluding carboxylic acids is 2. The smallest absolute Gasteiger partial charge is 0.319 e. The van der Waals surface area contributed by atoms with Gasteiger partial charge in [0.25, 0.3) is 0 Å². The van der Waals surface area contributed by atoms with E-state index in [9.17, 15) is 9.59 Å². The predicted octanol–water partition coefficient (Wildman–Crippen LogP) is 2.76. The van der Waals surface area contributed by atoms with Crippen molar-refractivity contribution in [2.45, 2.75) is 61.4 Å². The molecule has 2 atom stereocenters. The van der Waals surface area contributed by atoms with E-state index in [-0.39, 0.29) is 24.0 Å². The van der Waals surface area contributed by atoms with Gasteiger partial charge in [-0.05, 0) is 24.7 Å². The molecule has 0 aliphatic rings. The minimum Gasteiger partial charge on any atom is -0.465 e. The number of hydrogen-bond donors (Lipinski definition) is 1. The van der Waals surface area contributed by atoms with Gasteiger partial charge in [0.1, 0.15) is 5.92 Å². The Morgan fingerprint density at radius 1 is 1.05 bits per heavy atom. The number of carbonyl (C=O) groups is 2. The highest BCUT2D eigenvalue weighted by atomic mass is 16.5. The molecular formula is C15H29NO3. The Morgan fingerprint density at radius 2 is 1.53 bits per heavy atom.